The largest absolute Gasteiger partial charge is 0.460 e. The van der Waals surface area contributed by atoms with Crippen molar-refractivity contribution < 1.29 is 14.3 Å². The maximum Gasteiger partial charge on any atom is 0.374 e. The van der Waals surface area contributed by atoms with Gasteiger partial charge in [0.15, 0.2) is 0 Å². The van der Waals surface area contributed by atoms with Gasteiger partial charge in [0.05, 0.1) is 6.61 Å². The van der Waals surface area contributed by atoms with Crippen molar-refractivity contribution in [2.75, 3.05) is 6.61 Å². The van der Waals surface area contributed by atoms with E-state index in [1.807, 2.05) is 0 Å². The molecule has 0 amide bonds. The van der Waals surface area contributed by atoms with Crippen molar-refractivity contribution in [3.8, 4) is 0 Å². The first-order valence-corrected chi connectivity index (χ1v) is 5.23. The van der Waals surface area contributed by atoms with Gasteiger partial charge in [0.25, 0.3) is 0 Å². The average Bonchev–Trinajstić information content (AvgIpc) is 2.22. The second kappa shape index (κ2) is 5.60. The molecule has 15 heavy (non-hydrogen) atoms. The van der Waals surface area contributed by atoms with Crippen molar-refractivity contribution in [2.45, 2.75) is 13.3 Å². The molecule has 5 heteroatoms. The second-order valence-corrected chi connectivity index (χ2v) is 3.62. The predicted octanol–water partition coefficient (Wildman–Crippen LogP) is 1.52. The van der Waals surface area contributed by atoms with Gasteiger partial charge in [0.2, 0.25) is 5.78 Å². The highest BCUT2D eigenvalue weighted by Crippen LogP contribution is 2.07. The summed E-state index contributed by atoms with van der Waals surface area (Å²) in [5.74, 6) is -1.35. The van der Waals surface area contributed by atoms with Crippen molar-refractivity contribution in [2.24, 2.45) is 0 Å². The minimum atomic E-state index is -0.791. The fourth-order valence-corrected chi connectivity index (χ4v) is 1.21. The fourth-order valence-electron chi connectivity index (χ4n) is 0.980. The third-order valence-corrected chi connectivity index (χ3v) is 2.13. The van der Waals surface area contributed by atoms with Crippen LogP contribution in [0, 0.1) is 0 Å². The van der Waals surface area contributed by atoms with E-state index >= 15 is 0 Å². The van der Waals surface area contributed by atoms with Gasteiger partial charge in [0.1, 0.15) is 4.60 Å². The highest BCUT2D eigenvalue weighted by atomic mass is 79.9. The Labute approximate surface area is 95.8 Å². The first kappa shape index (κ1) is 11.8. The second-order valence-electron chi connectivity index (χ2n) is 2.81. The quantitative estimate of drug-likeness (QED) is 0.473. The zero-order valence-electron chi connectivity index (χ0n) is 8.20. The number of Topliss-reactive ketones (excluding diaryl/α,β-unsaturated/α-hetero) is 1. The summed E-state index contributed by atoms with van der Waals surface area (Å²) in [5, 5.41) is 0. The molecule has 1 rings (SSSR count). The first-order chi connectivity index (χ1) is 7.13. The number of rotatable bonds is 4. The Morgan fingerprint density at radius 2 is 2.20 bits per heavy atom. The molecule has 4 nitrogen and oxygen atoms in total. The number of ether oxygens (including phenoxy) is 1. The lowest BCUT2D eigenvalue weighted by Crippen LogP contribution is -2.19. The van der Waals surface area contributed by atoms with Gasteiger partial charge >= 0.3 is 5.97 Å². The average molecular weight is 272 g/mol. The van der Waals surface area contributed by atoms with Gasteiger partial charge < -0.3 is 4.74 Å². The lowest BCUT2D eigenvalue weighted by molar-refractivity contribution is -0.153. The van der Waals surface area contributed by atoms with Crippen LogP contribution in [0.4, 0.5) is 0 Å². The number of halogens is 1. The van der Waals surface area contributed by atoms with Crippen LogP contribution < -0.4 is 0 Å². The van der Waals surface area contributed by atoms with Crippen molar-refractivity contribution in [1.29, 1.82) is 0 Å². The zero-order valence-corrected chi connectivity index (χ0v) is 9.78. The third-order valence-electron chi connectivity index (χ3n) is 1.66. The molecule has 0 radical (unpaired) electrons. The number of carbonyl (C=O) groups is 2. The zero-order chi connectivity index (χ0) is 11.3. The summed E-state index contributed by atoms with van der Waals surface area (Å²) in [6.07, 6.45) is 1.57. The van der Waals surface area contributed by atoms with Crippen molar-refractivity contribution >= 4 is 27.7 Å². The van der Waals surface area contributed by atoms with Gasteiger partial charge in [-0.05, 0) is 34.5 Å². The van der Waals surface area contributed by atoms with E-state index in [0.29, 0.717) is 10.2 Å². The fraction of sp³-hybridized carbons (Fsp3) is 0.300. The standard InChI is InChI=1S/C10H10BrNO3/c1-2-15-10(14)8(13)5-7-3-4-9(11)12-6-7/h3-4,6H,2,5H2,1H3. The van der Waals surface area contributed by atoms with E-state index in [9.17, 15) is 9.59 Å². The van der Waals surface area contributed by atoms with Crippen LogP contribution in [0.15, 0.2) is 22.9 Å². The molecule has 0 spiro atoms. The van der Waals surface area contributed by atoms with E-state index in [0.717, 1.165) is 0 Å². The molecule has 1 aromatic rings. The number of hydrogen-bond acceptors (Lipinski definition) is 4. The third kappa shape index (κ3) is 3.79. The van der Waals surface area contributed by atoms with Crippen LogP contribution in [-0.2, 0) is 20.7 Å². The maximum absolute atomic E-state index is 11.3. The lowest BCUT2D eigenvalue weighted by Gasteiger charge is -2.00. The molecule has 0 aliphatic heterocycles. The molecular weight excluding hydrogens is 262 g/mol. The molecule has 0 saturated heterocycles. The Kier molecular flexibility index (Phi) is 4.42. The molecule has 1 heterocycles. The molecule has 0 aliphatic rings. The topological polar surface area (TPSA) is 56.3 Å². The highest BCUT2D eigenvalue weighted by molar-refractivity contribution is 9.10. The predicted molar refractivity (Wildman–Crippen MR) is 57.3 cm³/mol. The summed E-state index contributed by atoms with van der Waals surface area (Å²) < 4.78 is 5.27. The summed E-state index contributed by atoms with van der Waals surface area (Å²) in [6, 6.07) is 3.45. The molecule has 0 atom stereocenters. The Morgan fingerprint density at radius 1 is 1.47 bits per heavy atom. The molecule has 0 saturated carbocycles. The van der Waals surface area contributed by atoms with Gasteiger partial charge in [-0.25, -0.2) is 9.78 Å². The Hall–Kier alpha value is -1.23. The van der Waals surface area contributed by atoms with Gasteiger partial charge in [-0.2, -0.15) is 0 Å². The van der Waals surface area contributed by atoms with E-state index in [-0.39, 0.29) is 13.0 Å². The molecule has 80 valence electrons. The monoisotopic (exact) mass is 271 g/mol. The van der Waals surface area contributed by atoms with Crippen LogP contribution in [0.1, 0.15) is 12.5 Å². The van der Waals surface area contributed by atoms with E-state index < -0.39 is 11.8 Å². The van der Waals surface area contributed by atoms with Crippen LogP contribution in [0.25, 0.3) is 0 Å². The summed E-state index contributed by atoms with van der Waals surface area (Å²) in [5.41, 5.74) is 0.691. The Balaban J connectivity index is 2.58. The molecule has 0 aliphatic carbocycles. The van der Waals surface area contributed by atoms with E-state index in [4.69, 9.17) is 0 Å². The molecule has 0 bridgehead atoms. The molecule has 0 fully saturated rings. The van der Waals surface area contributed by atoms with Crippen LogP contribution >= 0.6 is 15.9 Å². The van der Waals surface area contributed by atoms with E-state index in [1.165, 1.54) is 0 Å². The van der Waals surface area contributed by atoms with E-state index in [2.05, 4.69) is 25.7 Å². The normalized spacial score (nSPS) is 9.73. The summed E-state index contributed by atoms with van der Waals surface area (Å²) >= 11 is 3.18. The number of carbonyl (C=O) groups excluding carboxylic acids is 2. The number of nitrogens with zero attached hydrogens (tertiary/aromatic N) is 1. The SMILES string of the molecule is CCOC(=O)C(=O)Cc1ccc(Br)nc1. The smallest absolute Gasteiger partial charge is 0.374 e. The van der Waals surface area contributed by atoms with Crippen molar-refractivity contribution in [3.05, 3.63) is 28.5 Å². The summed E-state index contributed by atoms with van der Waals surface area (Å²) in [6.45, 7) is 1.87. The van der Waals surface area contributed by atoms with Gasteiger partial charge in [-0.1, -0.05) is 6.07 Å². The lowest BCUT2D eigenvalue weighted by atomic mass is 10.1. The summed E-state index contributed by atoms with van der Waals surface area (Å²) in [4.78, 5) is 26.2. The van der Waals surface area contributed by atoms with Crippen molar-refractivity contribution in [1.82, 2.24) is 4.98 Å². The minimum Gasteiger partial charge on any atom is -0.460 e. The molecule has 0 aromatic carbocycles. The van der Waals surface area contributed by atoms with Gasteiger partial charge in [-0.3, -0.25) is 4.79 Å². The van der Waals surface area contributed by atoms with Crippen LogP contribution in [0.3, 0.4) is 0 Å². The molecule has 0 unspecified atom stereocenters. The molecular formula is C10H10BrNO3. The maximum atomic E-state index is 11.3. The summed E-state index contributed by atoms with van der Waals surface area (Å²) in [7, 11) is 0. The van der Waals surface area contributed by atoms with E-state index in [1.54, 1.807) is 25.3 Å². The highest BCUT2D eigenvalue weighted by Gasteiger charge is 2.15. The number of esters is 1. The van der Waals surface area contributed by atoms with Gasteiger partial charge in [-0.15, -0.1) is 0 Å². The number of aromatic nitrogens is 1. The van der Waals surface area contributed by atoms with Crippen LogP contribution in [-0.4, -0.2) is 23.3 Å². The van der Waals surface area contributed by atoms with Crippen LogP contribution in [0.5, 0.6) is 0 Å². The first-order valence-electron chi connectivity index (χ1n) is 4.44. The van der Waals surface area contributed by atoms with Crippen LogP contribution in [0.2, 0.25) is 0 Å². The Bertz CT molecular complexity index is 361. The number of ketones is 1. The minimum absolute atomic E-state index is 0.0269. The molecule has 1 aromatic heterocycles. The molecule has 0 N–H and O–H groups in total. The Morgan fingerprint density at radius 3 is 2.73 bits per heavy atom. The number of pyridine rings is 1. The van der Waals surface area contributed by atoms with Crippen molar-refractivity contribution in [3.63, 3.8) is 0 Å². The number of hydrogen-bond donors (Lipinski definition) is 0. The van der Waals surface area contributed by atoms with Gasteiger partial charge in [0, 0.05) is 12.6 Å².